The Morgan fingerprint density at radius 1 is 1.10 bits per heavy atom. The van der Waals surface area contributed by atoms with E-state index in [1.54, 1.807) is 24.3 Å². The van der Waals surface area contributed by atoms with E-state index in [1.165, 1.54) is 26.4 Å². The van der Waals surface area contributed by atoms with E-state index < -0.39 is 60.7 Å². The van der Waals surface area contributed by atoms with E-state index in [-0.39, 0.29) is 18.1 Å². The SMILES string of the molecule is COc1cc(C2Oc3c(OC)cc(C=CC(=O)OC4CC(O)(C(=O)O)CC(O)C4O)cc3C2CO)ccc1O. The summed E-state index contributed by atoms with van der Waals surface area (Å²) in [5, 5.41) is 59.7. The normalized spacial score (nSPS) is 28.0. The Morgan fingerprint density at radius 2 is 1.82 bits per heavy atom. The van der Waals surface area contributed by atoms with Crippen LogP contribution in [0.15, 0.2) is 36.4 Å². The van der Waals surface area contributed by atoms with Gasteiger partial charge in [0.05, 0.1) is 32.8 Å². The number of carboxylic acids is 1. The number of aliphatic hydroxyl groups is 4. The van der Waals surface area contributed by atoms with Gasteiger partial charge in [-0.05, 0) is 41.5 Å². The number of benzene rings is 2. The van der Waals surface area contributed by atoms with E-state index in [1.807, 2.05) is 0 Å². The summed E-state index contributed by atoms with van der Waals surface area (Å²) >= 11 is 0. The van der Waals surface area contributed by atoms with Gasteiger partial charge in [0, 0.05) is 24.5 Å². The number of methoxy groups -OCH3 is 2. The molecule has 1 saturated carbocycles. The first kappa shape index (κ1) is 28.2. The molecule has 12 nitrogen and oxygen atoms in total. The molecule has 1 fully saturated rings. The van der Waals surface area contributed by atoms with E-state index in [9.17, 15) is 40.2 Å². The number of carbonyl (C=O) groups excluding carboxylic acids is 1. The molecular formula is C27H30O12. The fourth-order valence-corrected chi connectivity index (χ4v) is 4.92. The van der Waals surface area contributed by atoms with Crippen molar-refractivity contribution in [3.8, 4) is 23.0 Å². The summed E-state index contributed by atoms with van der Waals surface area (Å²) in [5.74, 6) is -2.11. The molecule has 6 N–H and O–H groups in total. The molecule has 1 heterocycles. The van der Waals surface area contributed by atoms with Crippen molar-refractivity contribution in [2.75, 3.05) is 20.8 Å². The Bertz CT molecular complexity index is 1270. The first-order valence-corrected chi connectivity index (χ1v) is 12.1. The number of hydrogen-bond acceptors (Lipinski definition) is 11. The molecule has 4 rings (SSSR count). The van der Waals surface area contributed by atoms with Crippen LogP contribution < -0.4 is 14.2 Å². The zero-order chi connectivity index (χ0) is 28.5. The average molecular weight is 547 g/mol. The van der Waals surface area contributed by atoms with Gasteiger partial charge in [0.2, 0.25) is 0 Å². The minimum Gasteiger partial charge on any atom is -0.504 e. The van der Waals surface area contributed by atoms with Gasteiger partial charge >= 0.3 is 11.9 Å². The van der Waals surface area contributed by atoms with Gasteiger partial charge in [-0.3, -0.25) is 0 Å². The molecule has 0 radical (unpaired) electrons. The summed E-state index contributed by atoms with van der Waals surface area (Å²) < 4.78 is 21.9. The molecule has 0 spiro atoms. The number of aliphatic carboxylic acids is 1. The minimum absolute atomic E-state index is 0.0444. The molecule has 12 heteroatoms. The van der Waals surface area contributed by atoms with Gasteiger partial charge in [-0.15, -0.1) is 0 Å². The van der Waals surface area contributed by atoms with Crippen molar-refractivity contribution in [2.45, 2.75) is 48.8 Å². The third-order valence-electron chi connectivity index (χ3n) is 7.00. The quantitative estimate of drug-likeness (QED) is 0.203. The summed E-state index contributed by atoms with van der Waals surface area (Å²) in [6.45, 7) is -0.284. The second-order valence-corrected chi connectivity index (χ2v) is 9.51. The van der Waals surface area contributed by atoms with Crippen LogP contribution >= 0.6 is 0 Å². The Kier molecular flexibility index (Phi) is 8.02. The number of fused-ring (bicyclic) bond motifs is 1. The maximum atomic E-state index is 12.5. The first-order valence-electron chi connectivity index (χ1n) is 12.1. The third kappa shape index (κ3) is 5.50. The van der Waals surface area contributed by atoms with E-state index in [0.717, 1.165) is 6.08 Å². The third-order valence-corrected chi connectivity index (χ3v) is 7.00. The zero-order valence-corrected chi connectivity index (χ0v) is 21.2. The molecule has 1 aliphatic carbocycles. The number of rotatable bonds is 8. The van der Waals surface area contributed by atoms with E-state index in [4.69, 9.17) is 18.9 Å². The Labute approximate surface area is 223 Å². The van der Waals surface area contributed by atoms with Crippen molar-refractivity contribution in [1.82, 2.24) is 0 Å². The number of esters is 1. The lowest BCUT2D eigenvalue weighted by Gasteiger charge is -2.39. The number of phenolic OH excluding ortho intramolecular Hbond substituents is 1. The molecule has 2 aromatic carbocycles. The maximum Gasteiger partial charge on any atom is 0.335 e. The van der Waals surface area contributed by atoms with Crippen LogP contribution in [0.25, 0.3) is 6.08 Å². The molecule has 210 valence electrons. The highest BCUT2D eigenvalue weighted by atomic mass is 16.6. The number of carboxylic acid groups (broad SMARTS) is 1. The van der Waals surface area contributed by atoms with E-state index in [0.29, 0.717) is 28.2 Å². The van der Waals surface area contributed by atoms with Gasteiger partial charge in [0.25, 0.3) is 0 Å². The molecule has 1 aliphatic heterocycles. The summed E-state index contributed by atoms with van der Waals surface area (Å²) in [4.78, 5) is 23.9. The van der Waals surface area contributed by atoms with Gasteiger partial charge in [0.15, 0.2) is 28.6 Å². The van der Waals surface area contributed by atoms with Crippen LogP contribution in [-0.2, 0) is 14.3 Å². The highest BCUT2D eigenvalue weighted by Crippen LogP contribution is 2.51. The van der Waals surface area contributed by atoms with Crippen molar-refractivity contribution in [3.05, 3.63) is 53.1 Å². The largest absolute Gasteiger partial charge is 0.504 e. The average Bonchev–Trinajstić information content (AvgIpc) is 3.28. The minimum atomic E-state index is -2.35. The second-order valence-electron chi connectivity index (χ2n) is 9.51. The number of carbonyl (C=O) groups is 2. The molecule has 2 aliphatic rings. The number of aromatic hydroxyl groups is 1. The standard InChI is InChI=1S/C27H30O12/c1-36-19-9-14(4-5-17(19)29)24-16(12-28)15-7-13(8-20(37-2)25(15)39-24)3-6-22(31)38-21-11-27(35,26(33)34)10-18(30)23(21)32/h3-9,16,18,21,23-24,28-30,32,35H,10-12H2,1-2H3,(H,33,34). The number of phenols is 1. The molecule has 0 aromatic heterocycles. The first-order chi connectivity index (χ1) is 18.5. The van der Waals surface area contributed by atoms with Crippen LogP contribution in [0, 0.1) is 0 Å². The van der Waals surface area contributed by atoms with Crippen LogP contribution in [0.2, 0.25) is 0 Å². The fraction of sp³-hybridized carbons (Fsp3) is 0.407. The number of aliphatic hydroxyl groups excluding tert-OH is 3. The predicted octanol–water partition coefficient (Wildman–Crippen LogP) is 0.875. The monoisotopic (exact) mass is 546 g/mol. The molecule has 6 atom stereocenters. The van der Waals surface area contributed by atoms with E-state index >= 15 is 0 Å². The van der Waals surface area contributed by atoms with Gasteiger partial charge < -0.3 is 49.6 Å². The van der Waals surface area contributed by atoms with Gasteiger partial charge in [-0.2, -0.15) is 0 Å². The Hall–Kier alpha value is -3.84. The molecule has 39 heavy (non-hydrogen) atoms. The van der Waals surface area contributed by atoms with Crippen LogP contribution in [0.3, 0.4) is 0 Å². The highest BCUT2D eigenvalue weighted by Gasteiger charge is 2.50. The van der Waals surface area contributed by atoms with Crippen LogP contribution in [0.4, 0.5) is 0 Å². The molecule has 0 amide bonds. The summed E-state index contributed by atoms with van der Waals surface area (Å²) in [6, 6.07) is 8.02. The zero-order valence-electron chi connectivity index (χ0n) is 21.2. The maximum absolute atomic E-state index is 12.5. The van der Waals surface area contributed by atoms with Crippen molar-refractivity contribution in [3.63, 3.8) is 0 Å². The lowest BCUT2D eigenvalue weighted by Crippen LogP contribution is -2.57. The highest BCUT2D eigenvalue weighted by molar-refractivity contribution is 5.87. The second kappa shape index (κ2) is 11.1. The molecule has 2 aromatic rings. The smallest absolute Gasteiger partial charge is 0.335 e. The Morgan fingerprint density at radius 3 is 2.46 bits per heavy atom. The lowest BCUT2D eigenvalue weighted by atomic mass is 9.79. The number of ether oxygens (including phenoxy) is 4. The van der Waals surface area contributed by atoms with Gasteiger partial charge in [0.1, 0.15) is 18.3 Å². The topological polar surface area (TPSA) is 192 Å². The molecular weight excluding hydrogens is 516 g/mol. The van der Waals surface area contributed by atoms with Crippen LogP contribution in [-0.4, -0.2) is 87.3 Å². The molecule has 0 bridgehead atoms. The fourth-order valence-electron chi connectivity index (χ4n) is 4.92. The van der Waals surface area contributed by atoms with Gasteiger partial charge in [-0.25, -0.2) is 9.59 Å². The van der Waals surface area contributed by atoms with Gasteiger partial charge in [-0.1, -0.05) is 6.07 Å². The van der Waals surface area contributed by atoms with Crippen molar-refractivity contribution in [2.24, 2.45) is 0 Å². The molecule has 6 unspecified atom stereocenters. The van der Waals surface area contributed by atoms with Crippen LogP contribution in [0.5, 0.6) is 23.0 Å². The summed E-state index contributed by atoms with van der Waals surface area (Å²) in [5.41, 5.74) is -0.603. The predicted molar refractivity (Wildman–Crippen MR) is 134 cm³/mol. The van der Waals surface area contributed by atoms with Crippen molar-refractivity contribution < 1.29 is 59.2 Å². The lowest BCUT2D eigenvalue weighted by molar-refractivity contribution is -0.196. The summed E-state index contributed by atoms with van der Waals surface area (Å²) in [6.07, 6.45) is -3.99. The number of hydrogen-bond donors (Lipinski definition) is 6. The molecule has 0 saturated heterocycles. The van der Waals surface area contributed by atoms with Crippen molar-refractivity contribution in [1.29, 1.82) is 0 Å². The van der Waals surface area contributed by atoms with Crippen molar-refractivity contribution >= 4 is 18.0 Å². The van der Waals surface area contributed by atoms with Crippen LogP contribution in [0.1, 0.15) is 41.6 Å². The Balaban J connectivity index is 1.55. The van der Waals surface area contributed by atoms with E-state index in [2.05, 4.69) is 0 Å². The summed E-state index contributed by atoms with van der Waals surface area (Å²) in [7, 11) is 2.85.